The SMILES string of the molecule is CC1(C)CC(C)(C)CC(O)(C2(C#N)CCCCCCC2)C1. The van der Waals surface area contributed by atoms with Gasteiger partial charge in [-0.15, -0.1) is 0 Å². The number of nitriles is 1. The molecule has 120 valence electrons. The van der Waals surface area contributed by atoms with Gasteiger partial charge in [0.1, 0.15) is 0 Å². The van der Waals surface area contributed by atoms with E-state index in [9.17, 15) is 10.4 Å². The highest BCUT2D eigenvalue weighted by Crippen LogP contribution is 2.58. The molecule has 0 aromatic rings. The van der Waals surface area contributed by atoms with Gasteiger partial charge in [0.15, 0.2) is 0 Å². The highest BCUT2D eigenvalue weighted by atomic mass is 16.3. The van der Waals surface area contributed by atoms with Crippen LogP contribution in [0.2, 0.25) is 0 Å². The van der Waals surface area contributed by atoms with Crippen molar-refractivity contribution in [1.82, 2.24) is 0 Å². The Morgan fingerprint density at radius 1 is 0.762 bits per heavy atom. The molecule has 2 saturated carbocycles. The van der Waals surface area contributed by atoms with Gasteiger partial charge in [-0.2, -0.15) is 5.26 Å². The van der Waals surface area contributed by atoms with Crippen LogP contribution in [0.5, 0.6) is 0 Å². The van der Waals surface area contributed by atoms with Crippen molar-refractivity contribution in [2.75, 3.05) is 0 Å². The zero-order chi connectivity index (χ0) is 15.8. The first-order chi connectivity index (χ1) is 9.64. The Labute approximate surface area is 130 Å². The molecule has 2 nitrogen and oxygen atoms in total. The second-order valence-corrected chi connectivity index (χ2v) is 9.35. The van der Waals surface area contributed by atoms with Crippen LogP contribution in [0.3, 0.4) is 0 Å². The van der Waals surface area contributed by atoms with Gasteiger partial charge in [0.25, 0.3) is 0 Å². The van der Waals surface area contributed by atoms with Gasteiger partial charge in [0.05, 0.1) is 17.1 Å². The Balaban J connectivity index is 2.35. The van der Waals surface area contributed by atoms with Crippen molar-refractivity contribution in [3.05, 3.63) is 0 Å². The van der Waals surface area contributed by atoms with Crippen LogP contribution in [-0.4, -0.2) is 10.7 Å². The van der Waals surface area contributed by atoms with E-state index in [-0.39, 0.29) is 10.8 Å². The van der Waals surface area contributed by atoms with Gasteiger partial charge in [-0.1, -0.05) is 59.8 Å². The van der Waals surface area contributed by atoms with Crippen LogP contribution in [0, 0.1) is 27.6 Å². The second-order valence-electron chi connectivity index (χ2n) is 9.35. The van der Waals surface area contributed by atoms with Gasteiger partial charge in [-0.25, -0.2) is 0 Å². The van der Waals surface area contributed by atoms with Crippen molar-refractivity contribution in [1.29, 1.82) is 5.26 Å². The average molecular weight is 291 g/mol. The minimum atomic E-state index is -0.815. The molecule has 2 rings (SSSR count). The topological polar surface area (TPSA) is 44.0 Å². The first-order valence-electron chi connectivity index (χ1n) is 8.78. The van der Waals surface area contributed by atoms with Crippen molar-refractivity contribution in [2.45, 2.75) is 97.5 Å². The van der Waals surface area contributed by atoms with Gasteiger partial charge in [-0.05, 0) is 42.9 Å². The lowest BCUT2D eigenvalue weighted by atomic mass is 9.51. The number of nitrogens with zero attached hydrogens (tertiary/aromatic N) is 1. The maximum absolute atomic E-state index is 11.6. The Morgan fingerprint density at radius 2 is 1.19 bits per heavy atom. The Hall–Kier alpha value is -0.550. The maximum Gasteiger partial charge on any atom is 0.0860 e. The largest absolute Gasteiger partial charge is 0.388 e. The minimum Gasteiger partial charge on any atom is -0.388 e. The fourth-order valence-corrected chi connectivity index (χ4v) is 5.59. The van der Waals surface area contributed by atoms with Crippen LogP contribution in [0.25, 0.3) is 0 Å². The summed E-state index contributed by atoms with van der Waals surface area (Å²) in [7, 11) is 0. The summed E-state index contributed by atoms with van der Waals surface area (Å²) in [6, 6.07) is 2.62. The van der Waals surface area contributed by atoms with Crippen molar-refractivity contribution < 1.29 is 5.11 Å². The molecule has 0 aromatic carbocycles. The van der Waals surface area contributed by atoms with E-state index in [1.807, 2.05) is 0 Å². The predicted molar refractivity (Wildman–Crippen MR) is 86.7 cm³/mol. The van der Waals surface area contributed by atoms with Gasteiger partial charge in [0, 0.05) is 0 Å². The van der Waals surface area contributed by atoms with E-state index in [0.717, 1.165) is 44.9 Å². The van der Waals surface area contributed by atoms with Gasteiger partial charge in [-0.3, -0.25) is 0 Å². The monoisotopic (exact) mass is 291 g/mol. The smallest absolute Gasteiger partial charge is 0.0860 e. The number of rotatable bonds is 1. The van der Waals surface area contributed by atoms with E-state index in [0.29, 0.717) is 0 Å². The summed E-state index contributed by atoms with van der Waals surface area (Å²) in [5, 5.41) is 21.6. The Morgan fingerprint density at radius 3 is 1.62 bits per heavy atom. The highest BCUT2D eigenvalue weighted by Gasteiger charge is 2.57. The van der Waals surface area contributed by atoms with Crippen molar-refractivity contribution in [3.63, 3.8) is 0 Å². The van der Waals surface area contributed by atoms with Crippen LogP contribution in [0.1, 0.15) is 91.9 Å². The van der Waals surface area contributed by atoms with Gasteiger partial charge in [0.2, 0.25) is 0 Å². The molecule has 0 aliphatic heterocycles. The third kappa shape index (κ3) is 3.45. The molecule has 21 heavy (non-hydrogen) atoms. The standard InChI is InChI=1S/C19H33NO/c1-16(2)12-17(3,4)14-19(21,13-16)18(15-20)10-8-6-5-7-9-11-18/h21H,5-14H2,1-4H3. The lowest BCUT2D eigenvalue weighted by molar-refractivity contribution is -0.152. The normalized spacial score (nSPS) is 30.7. The molecule has 0 amide bonds. The molecule has 0 heterocycles. The second kappa shape index (κ2) is 5.58. The zero-order valence-corrected chi connectivity index (χ0v) is 14.5. The summed E-state index contributed by atoms with van der Waals surface area (Å²) in [4.78, 5) is 0. The fraction of sp³-hybridized carbons (Fsp3) is 0.947. The van der Waals surface area contributed by atoms with Crippen LogP contribution in [0.4, 0.5) is 0 Å². The Bertz CT molecular complexity index is 392. The molecule has 2 aliphatic rings. The van der Waals surface area contributed by atoms with E-state index in [1.54, 1.807) is 0 Å². The molecule has 0 unspecified atom stereocenters. The number of aliphatic hydroxyl groups is 1. The van der Waals surface area contributed by atoms with E-state index in [2.05, 4.69) is 33.8 Å². The molecule has 1 N–H and O–H groups in total. The molecule has 0 bridgehead atoms. The first-order valence-corrected chi connectivity index (χ1v) is 8.78. The van der Waals surface area contributed by atoms with E-state index >= 15 is 0 Å². The summed E-state index contributed by atoms with van der Waals surface area (Å²) < 4.78 is 0. The van der Waals surface area contributed by atoms with E-state index in [1.165, 1.54) is 19.3 Å². The fourth-order valence-electron chi connectivity index (χ4n) is 5.59. The molecule has 2 heteroatoms. The number of hydrogen-bond donors (Lipinski definition) is 1. The van der Waals surface area contributed by atoms with Gasteiger partial charge >= 0.3 is 0 Å². The lowest BCUT2D eigenvalue weighted by Crippen LogP contribution is -2.56. The molecule has 2 fully saturated rings. The van der Waals surface area contributed by atoms with Crippen LogP contribution in [-0.2, 0) is 0 Å². The molecular weight excluding hydrogens is 258 g/mol. The molecule has 0 atom stereocenters. The molecule has 0 radical (unpaired) electrons. The van der Waals surface area contributed by atoms with Crippen molar-refractivity contribution in [3.8, 4) is 6.07 Å². The molecule has 0 saturated heterocycles. The molecule has 0 aromatic heterocycles. The summed E-state index contributed by atoms with van der Waals surface area (Å²) in [5.41, 5.74) is -1.11. The van der Waals surface area contributed by atoms with Crippen molar-refractivity contribution >= 4 is 0 Å². The molecule has 0 spiro atoms. The zero-order valence-electron chi connectivity index (χ0n) is 14.5. The summed E-state index contributed by atoms with van der Waals surface area (Å²) in [5.74, 6) is 0. The maximum atomic E-state index is 11.6. The summed E-state index contributed by atoms with van der Waals surface area (Å²) in [6.45, 7) is 9.03. The van der Waals surface area contributed by atoms with Gasteiger partial charge < -0.3 is 5.11 Å². The first kappa shape index (κ1) is 16.8. The molecular formula is C19H33NO. The van der Waals surface area contributed by atoms with Crippen LogP contribution < -0.4 is 0 Å². The number of hydrogen-bond acceptors (Lipinski definition) is 2. The highest BCUT2D eigenvalue weighted by molar-refractivity contribution is 5.16. The molecule has 2 aliphatic carbocycles. The third-order valence-corrected chi connectivity index (χ3v) is 5.81. The lowest BCUT2D eigenvalue weighted by Gasteiger charge is -2.55. The van der Waals surface area contributed by atoms with E-state index in [4.69, 9.17) is 0 Å². The van der Waals surface area contributed by atoms with Crippen molar-refractivity contribution in [2.24, 2.45) is 16.2 Å². The minimum absolute atomic E-state index is 0.114. The average Bonchev–Trinajstić information content (AvgIpc) is 2.23. The predicted octanol–water partition coefficient (Wildman–Crippen LogP) is 5.21. The Kier molecular flexibility index (Phi) is 4.47. The van der Waals surface area contributed by atoms with Crippen LogP contribution >= 0.6 is 0 Å². The van der Waals surface area contributed by atoms with E-state index < -0.39 is 11.0 Å². The third-order valence-electron chi connectivity index (χ3n) is 5.81. The summed E-state index contributed by atoms with van der Waals surface area (Å²) in [6.07, 6.45) is 10.3. The summed E-state index contributed by atoms with van der Waals surface area (Å²) >= 11 is 0. The van der Waals surface area contributed by atoms with Crippen LogP contribution in [0.15, 0.2) is 0 Å². The quantitative estimate of drug-likeness (QED) is 0.721.